The van der Waals surface area contributed by atoms with Crippen molar-refractivity contribution in [3.05, 3.63) is 11.6 Å². The number of nitrogens with zero attached hydrogens (tertiary/aromatic N) is 4. The molecule has 1 unspecified atom stereocenters. The van der Waals surface area contributed by atoms with Gasteiger partial charge in [0.15, 0.2) is 23.5 Å². The maximum Gasteiger partial charge on any atom is 0.226 e. The third-order valence-electron chi connectivity index (χ3n) is 3.48. The first-order valence-electron chi connectivity index (χ1n) is 7.10. The van der Waals surface area contributed by atoms with Crippen LogP contribution in [0.2, 0.25) is 5.28 Å². The van der Waals surface area contributed by atoms with Gasteiger partial charge in [0.25, 0.3) is 0 Å². The van der Waals surface area contributed by atoms with Gasteiger partial charge in [-0.15, -0.1) is 0 Å². The molecule has 1 saturated heterocycles. The van der Waals surface area contributed by atoms with Crippen molar-refractivity contribution in [2.24, 2.45) is 0 Å². The van der Waals surface area contributed by atoms with E-state index in [0.717, 1.165) is 0 Å². The Morgan fingerprint density at radius 3 is 2.91 bits per heavy atom. The van der Waals surface area contributed by atoms with Crippen molar-refractivity contribution in [2.75, 3.05) is 12.3 Å². The van der Waals surface area contributed by atoms with E-state index in [9.17, 15) is 10.2 Å². The molecule has 9 nitrogen and oxygen atoms in total. The van der Waals surface area contributed by atoms with Gasteiger partial charge in [-0.2, -0.15) is 9.97 Å². The molecule has 3 rings (SSSR count). The van der Waals surface area contributed by atoms with Crippen LogP contribution in [0.15, 0.2) is 6.33 Å². The van der Waals surface area contributed by atoms with Crippen LogP contribution in [0.4, 0.5) is 5.82 Å². The molecule has 0 aromatic carbocycles. The smallest absolute Gasteiger partial charge is 0.226 e. The molecule has 3 heterocycles. The summed E-state index contributed by atoms with van der Waals surface area (Å²) in [6.07, 6.45) is 0.365. The van der Waals surface area contributed by atoms with Crippen LogP contribution in [0.3, 0.4) is 0 Å². The number of ether oxygens (including phenoxy) is 2. The van der Waals surface area contributed by atoms with E-state index >= 15 is 0 Å². The number of aliphatic hydroxyl groups excluding tert-OH is 1. The summed E-state index contributed by atoms with van der Waals surface area (Å²) < 4.78 is 13.0. The topological polar surface area (TPSA) is 129 Å². The van der Waals surface area contributed by atoms with Gasteiger partial charge >= 0.3 is 0 Å². The SMILES string of the molecule is CC(C)(O)OC1C[C@@H](CO)O[C@H]1n1cnc2c(N)nc(Cl)nc21. The van der Waals surface area contributed by atoms with Gasteiger partial charge in [0, 0.05) is 6.42 Å². The Bertz CT molecular complexity index is 716. The Hall–Kier alpha value is -1.52. The molecule has 126 valence electrons. The summed E-state index contributed by atoms with van der Waals surface area (Å²) in [7, 11) is 0. The van der Waals surface area contributed by atoms with E-state index in [1.165, 1.54) is 20.2 Å². The molecule has 0 aliphatic carbocycles. The molecule has 23 heavy (non-hydrogen) atoms. The van der Waals surface area contributed by atoms with Crippen molar-refractivity contribution in [3.63, 3.8) is 0 Å². The fourth-order valence-electron chi connectivity index (χ4n) is 2.65. The fourth-order valence-corrected chi connectivity index (χ4v) is 2.82. The van der Waals surface area contributed by atoms with E-state index in [1.807, 2.05) is 0 Å². The molecular weight excluding hydrogens is 326 g/mol. The average molecular weight is 344 g/mol. The van der Waals surface area contributed by atoms with Crippen molar-refractivity contribution in [1.29, 1.82) is 0 Å². The number of anilines is 1. The summed E-state index contributed by atoms with van der Waals surface area (Å²) in [5, 5.41) is 19.3. The van der Waals surface area contributed by atoms with Gasteiger partial charge < -0.3 is 25.4 Å². The van der Waals surface area contributed by atoms with Crippen LogP contribution in [0.25, 0.3) is 11.2 Å². The minimum Gasteiger partial charge on any atom is -0.394 e. The van der Waals surface area contributed by atoms with E-state index < -0.39 is 24.2 Å². The Morgan fingerprint density at radius 2 is 2.26 bits per heavy atom. The molecule has 2 aromatic heterocycles. The van der Waals surface area contributed by atoms with Crippen molar-refractivity contribution < 1.29 is 19.7 Å². The van der Waals surface area contributed by atoms with E-state index in [2.05, 4.69) is 15.0 Å². The lowest BCUT2D eigenvalue weighted by molar-refractivity contribution is -0.222. The van der Waals surface area contributed by atoms with Crippen molar-refractivity contribution in [1.82, 2.24) is 19.5 Å². The second kappa shape index (κ2) is 5.84. The van der Waals surface area contributed by atoms with Gasteiger partial charge in [-0.25, -0.2) is 4.98 Å². The number of aliphatic hydroxyl groups is 2. The molecule has 1 aliphatic heterocycles. The Labute approximate surface area is 137 Å². The second-order valence-electron chi connectivity index (χ2n) is 5.87. The molecule has 1 aliphatic rings. The monoisotopic (exact) mass is 343 g/mol. The van der Waals surface area contributed by atoms with Crippen LogP contribution in [-0.4, -0.2) is 54.3 Å². The summed E-state index contributed by atoms with van der Waals surface area (Å²) >= 11 is 5.86. The number of halogens is 1. The molecular formula is C13H18ClN5O4. The summed E-state index contributed by atoms with van der Waals surface area (Å²) in [6, 6.07) is 0. The predicted molar refractivity (Wildman–Crippen MR) is 81.5 cm³/mol. The minimum absolute atomic E-state index is 0.00610. The van der Waals surface area contributed by atoms with Gasteiger partial charge in [-0.3, -0.25) is 4.57 Å². The lowest BCUT2D eigenvalue weighted by Crippen LogP contribution is -2.33. The number of nitrogens with two attached hydrogens (primary N) is 1. The standard InChI is InChI=1S/C13H18ClN5O4/c1-13(2,21)23-7-3-6(4-20)22-11(7)19-5-16-8-9(15)17-12(14)18-10(8)19/h5-7,11,20-21H,3-4H2,1-2H3,(H2,15,17,18)/t6-,7?,11+/m0/s1. The molecule has 4 N–H and O–H groups in total. The molecule has 2 aromatic rings. The minimum atomic E-state index is -1.35. The van der Waals surface area contributed by atoms with Crippen LogP contribution in [0.1, 0.15) is 26.5 Å². The summed E-state index contributed by atoms with van der Waals surface area (Å²) in [5.74, 6) is -1.19. The van der Waals surface area contributed by atoms with E-state index in [0.29, 0.717) is 17.6 Å². The zero-order valence-corrected chi connectivity index (χ0v) is 13.4. The van der Waals surface area contributed by atoms with Crippen molar-refractivity contribution in [3.8, 4) is 0 Å². The molecule has 0 saturated carbocycles. The molecule has 1 fully saturated rings. The molecule has 0 bridgehead atoms. The normalized spacial score (nSPS) is 25.3. The Balaban J connectivity index is 2.01. The number of imidazole rings is 1. The maximum atomic E-state index is 9.92. The second-order valence-corrected chi connectivity index (χ2v) is 6.21. The highest BCUT2D eigenvalue weighted by Crippen LogP contribution is 2.35. The third kappa shape index (κ3) is 3.24. The van der Waals surface area contributed by atoms with Crippen molar-refractivity contribution >= 4 is 28.6 Å². The zero-order chi connectivity index (χ0) is 16.8. The first-order valence-corrected chi connectivity index (χ1v) is 7.48. The largest absolute Gasteiger partial charge is 0.394 e. The average Bonchev–Trinajstić information content (AvgIpc) is 3.00. The van der Waals surface area contributed by atoms with Gasteiger partial charge in [0.2, 0.25) is 5.28 Å². The summed E-state index contributed by atoms with van der Waals surface area (Å²) in [4.78, 5) is 12.2. The lowest BCUT2D eigenvalue weighted by atomic mass is 10.2. The predicted octanol–water partition coefficient (Wildman–Crippen LogP) is 0.455. The molecule has 3 atom stereocenters. The van der Waals surface area contributed by atoms with E-state index in [-0.39, 0.29) is 17.7 Å². The molecule has 0 spiro atoms. The first-order chi connectivity index (χ1) is 10.8. The van der Waals surface area contributed by atoms with Gasteiger partial charge in [0.05, 0.1) is 19.0 Å². The number of fused-ring (bicyclic) bond motifs is 1. The number of aromatic nitrogens is 4. The van der Waals surface area contributed by atoms with E-state index in [4.69, 9.17) is 26.8 Å². The van der Waals surface area contributed by atoms with Crippen LogP contribution in [0.5, 0.6) is 0 Å². The quantitative estimate of drug-likeness (QED) is 0.539. The molecule has 0 amide bonds. The van der Waals surface area contributed by atoms with Gasteiger partial charge in [-0.05, 0) is 25.4 Å². The lowest BCUT2D eigenvalue weighted by Gasteiger charge is -2.27. The molecule has 0 radical (unpaired) electrons. The number of hydrogen-bond donors (Lipinski definition) is 3. The van der Waals surface area contributed by atoms with Crippen molar-refractivity contribution in [2.45, 2.75) is 44.5 Å². The van der Waals surface area contributed by atoms with Gasteiger partial charge in [-0.1, -0.05) is 0 Å². The highest BCUT2D eigenvalue weighted by molar-refractivity contribution is 6.28. The number of hydrogen-bond acceptors (Lipinski definition) is 8. The number of rotatable bonds is 4. The maximum absolute atomic E-state index is 9.92. The summed E-state index contributed by atoms with van der Waals surface area (Å²) in [5.41, 5.74) is 6.59. The van der Waals surface area contributed by atoms with E-state index in [1.54, 1.807) is 4.57 Å². The van der Waals surface area contributed by atoms with Crippen LogP contribution < -0.4 is 5.73 Å². The zero-order valence-electron chi connectivity index (χ0n) is 12.7. The highest BCUT2D eigenvalue weighted by atomic mass is 35.5. The first kappa shape index (κ1) is 16.3. The highest BCUT2D eigenvalue weighted by Gasteiger charge is 2.40. The van der Waals surface area contributed by atoms with Gasteiger partial charge in [0.1, 0.15) is 11.6 Å². The van der Waals surface area contributed by atoms with Crippen LogP contribution >= 0.6 is 11.6 Å². The summed E-state index contributed by atoms with van der Waals surface area (Å²) in [6.45, 7) is 2.89. The molecule has 10 heteroatoms. The number of nitrogen functional groups attached to an aromatic ring is 1. The fraction of sp³-hybridized carbons (Fsp3) is 0.615. The van der Waals surface area contributed by atoms with Crippen LogP contribution in [-0.2, 0) is 9.47 Å². The van der Waals surface area contributed by atoms with Crippen LogP contribution in [0, 0.1) is 0 Å². The Morgan fingerprint density at radius 1 is 1.52 bits per heavy atom. The third-order valence-corrected chi connectivity index (χ3v) is 3.65. The Kier molecular flexibility index (Phi) is 4.15.